The maximum atomic E-state index is 13.5. The van der Waals surface area contributed by atoms with Gasteiger partial charge in [-0.25, -0.2) is 4.39 Å². The number of halogens is 2. The third kappa shape index (κ3) is 3.18. The summed E-state index contributed by atoms with van der Waals surface area (Å²) < 4.78 is 13.5. The molecule has 96 valence electrons. The lowest BCUT2D eigenvalue weighted by atomic mass is 10.0. The summed E-state index contributed by atoms with van der Waals surface area (Å²) in [6.07, 6.45) is 0. The van der Waals surface area contributed by atoms with Crippen LogP contribution in [-0.2, 0) is 0 Å². The lowest BCUT2D eigenvalue weighted by Gasteiger charge is -2.33. The van der Waals surface area contributed by atoms with Gasteiger partial charge in [0.1, 0.15) is 5.82 Å². The van der Waals surface area contributed by atoms with E-state index < -0.39 is 0 Å². The average Bonchev–Trinajstić information content (AvgIpc) is 2.33. The maximum Gasteiger partial charge on any atom is 0.126 e. The minimum Gasteiger partial charge on any atom is -0.314 e. The number of nitrogens with one attached hydrogen (secondary N) is 1. The van der Waals surface area contributed by atoms with Crippen molar-refractivity contribution >= 4 is 12.4 Å². The highest BCUT2D eigenvalue weighted by molar-refractivity contribution is 5.85. The zero-order valence-electron chi connectivity index (χ0n) is 10.4. The number of rotatable bonds is 2. The van der Waals surface area contributed by atoms with Gasteiger partial charge in [-0.2, -0.15) is 0 Å². The summed E-state index contributed by atoms with van der Waals surface area (Å²) in [5.74, 6) is -0.0977. The lowest BCUT2D eigenvalue weighted by molar-refractivity contribution is 0.185. The first kappa shape index (κ1) is 14.4. The van der Waals surface area contributed by atoms with Crippen molar-refractivity contribution in [2.24, 2.45) is 0 Å². The number of hydrogen-bond donors (Lipinski definition) is 1. The van der Waals surface area contributed by atoms with Gasteiger partial charge in [-0.05, 0) is 31.0 Å². The number of piperazine rings is 1. The van der Waals surface area contributed by atoms with E-state index in [1.165, 1.54) is 6.07 Å². The van der Waals surface area contributed by atoms with Gasteiger partial charge in [-0.15, -0.1) is 12.4 Å². The second-order valence-corrected chi connectivity index (χ2v) is 4.42. The molecule has 0 aromatic heterocycles. The van der Waals surface area contributed by atoms with Gasteiger partial charge in [-0.3, -0.25) is 4.90 Å². The first-order valence-corrected chi connectivity index (χ1v) is 5.90. The van der Waals surface area contributed by atoms with Crippen molar-refractivity contribution in [2.45, 2.75) is 19.9 Å². The molecule has 1 N–H and O–H groups in total. The second kappa shape index (κ2) is 6.34. The molecule has 0 aliphatic carbocycles. The van der Waals surface area contributed by atoms with Crippen molar-refractivity contribution < 1.29 is 4.39 Å². The van der Waals surface area contributed by atoms with Crippen LogP contribution in [0.2, 0.25) is 0 Å². The van der Waals surface area contributed by atoms with Crippen molar-refractivity contribution in [1.29, 1.82) is 0 Å². The van der Waals surface area contributed by atoms with Crippen LogP contribution in [-0.4, -0.2) is 31.1 Å². The van der Waals surface area contributed by atoms with Crippen LogP contribution in [0.25, 0.3) is 0 Å². The maximum absolute atomic E-state index is 13.5. The van der Waals surface area contributed by atoms with Crippen LogP contribution in [0, 0.1) is 12.7 Å². The zero-order chi connectivity index (χ0) is 11.5. The molecule has 1 saturated heterocycles. The molecule has 1 aliphatic heterocycles. The molecule has 0 spiro atoms. The van der Waals surface area contributed by atoms with Gasteiger partial charge >= 0.3 is 0 Å². The third-order valence-corrected chi connectivity index (χ3v) is 3.46. The molecule has 17 heavy (non-hydrogen) atoms. The molecule has 1 heterocycles. The Bertz CT molecular complexity index is 364. The van der Waals surface area contributed by atoms with Crippen molar-refractivity contribution in [3.8, 4) is 0 Å². The Hall–Kier alpha value is -0.640. The minimum atomic E-state index is -0.0977. The Kier molecular flexibility index (Phi) is 5.37. The van der Waals surface area contributed by atoms with Crippen LogP contribution < -0.4 is 5.32 Å². The van der Waals surface area contributed by atoms with Crippen LogP contribution in [0.1, 0.15) is 24.1 Å². The van der Waals surface area contributed by atoms with Crippen LogP contribution in [0.5, 0.6) is 0 Å². The molecule has 0 unspecified atom stereocenters. The molecule has 1 aromatic carbocycles. The summed E-state index contributed by atoms with van der Waals surface area (Å²) >= 11 is 0. The summed E-state index contributed by atoms with van der Waals surface area (Å²) in [7, 11) is 0. The predicted octanol–water partition coefficient (Wildman–Crippen LogP) is 2.52. The van der Waals surface area contributed by atoms with Gasteiger partial charge in [0.15, 0.2) is 0 Å². The van der Waals surface area contributed by atoms with Gasteiger partial charge in [0, 0.05) is 32.2 Å². The van der Waals surface area contributed by atoms with E-state index in [1.54, 1.807) is 6.07 Å². The third-order valence-electron chi connectivity index (χ3n) is 3.46. The minimum absolute atomic E-state index is 0. The van der Waals surface area contributed by atoms with Crippen LogP contribution >= 0.6 is 12.4 Å². The molecule has 0 bridgehead atoms. The largest absolute Gasteiger partial charge is 0.314 e. The smallest absolute Gasteiger partial charge is 0.126 e. The molecule has 1 aromatic rings. The quantitative estimate of drug-likeness (QED) is 0.877. The summed E-state index contributed by atoms with van der Waals surface area (Å²) in [5, 5.41) is 3.33. The highest BCUT2D eigenvalue weighted by Gasteiger charge is 2.19. The Morgan fingerprint density at radius 2 is 1.94 bits per heavy atom. The normalized spacial score (nSPS) is 18.5. The highest BCUT2D eigenvalue weighted by atomic mass is 35.5. The molecule has 0 saturated carbocycles. The van der Waals surface area contributed by atoms with E-state index in [4.69, 9.17) is 0 Å². The van der Waals surface area contributed by atoms with Gasteiger partial charge < -0.3 is 5.32 Å². The fraction of sp³-hybridized carbons (Fsp3) is 0.538. The second-order valence-electron chi connectivity index (χ2n) is 4.42. The van der Waals surface area contributed by atoms with Gasteiger partial charge in [-0.1, -0.05) is 12.1 Å². The first-order chi connectivity index (χ1) is 7.70. The number of hydrogen-bond acceptors (Lipinski definition) is 2. The summed E-state index contributed by atoms with van der Waals surface area (Å²) in [6, 6.07) is 5.67. The van der Waals surface area contributed by atoms with Gasteiger partial charge in [0.05, 0.1) is 0 Å². The van der Waals surface area contributed by atoms with Crippen molar-refractivity contribution in [3.63, 3.8) is 0 Å². The summed E-state index contributed by atoms with van der Waals surface area (Å²) in [4.78, 5) is 2.40. The van der Waals surface area contributed by atoms with E-state index in [0.717, 1.165) is 37.3 Å². The molecular weight excluding hydrogens is 239 g/mol. The van der Waals surface area contributed by atoms with E-state index >= 15 is 0 Å². The zero-order valence-corrected chi connectivity index (χ0v) is 11.2. The van der Waals surface area contributed by atoms with E-state index in [2.05, 4.69) is 17.1 Å². The van der Waals surface area contributed by atoms with E-state index in [0.29, 0.717) is 6.04 Å². The van der Waals surface area contributed by atoms with E-state index in [-0.39, 0.29) is 18.2 Å². The SMILES string of the molecule is Cc1c(F)cccc1[C@@H](C)N1CCNCC1.Cl. The average molecular weight is 259 g/mol. The lowest BCUT2D eigenvalue weighted by Crippen LogP contribution is -2.44. The Morgan fingerprint density at radius 1 is 1.29 bits per heavy atom. The van der Waals surface area contributed by atoms with Gasteiger partial charge in [0.25, 0.3) is 0 Å². The molecular formula is C13H20ClFN2. The molecule has 1 atom stereocenters. The number of benzene rings is 1. The molecule has 0 amide bonds. The summed E-state index contributed by atoms with van der Waals surface area (Å²) in [6.45, 7) is 8.15. The van der Waals surface area contributed by atoms with Gasteiger partial charge in [0.2, 0.25) is 0 Å². The van der Waals surface area contributed by atoms with Crippen LogP contribution in [0.3, 0.4) is 0 Å². The van der Waals surface area contributed by atoms with Crippen molar-refractivity contribution in [2.75, 3.05) is 26.2 Å². The topological polar surface area (TPSA) is 15.3 Å². The fourth-order valence-corrected chi connectivity index (χ4v) is 2.34. The first-order valence-electron chi connectivity index (χ1n) is 5.90. The Morgan fingerprint density at radius 3 is 2.59 bits per heavy atom. The molecule has 4 heteroatoms. The predicted molar refractivity (Wildman–Crippen MR) is 71.2 cm³/mol. The standard InChI is InChI=1S/C13H19FN2.ClH/c1-10-12(4-3-5-13(10)14)11(2)16-8-6-15-7-9-16;/h3-5,11,15H,6-9H2,1-2H3;1H/t11-;/m1./s1. The van der Waals surface area contributed by atoms with Crippen molar-refractivity contribution in [1.82, 2.24) is 10.2 Å². The molecule has 2 nitrogen and oxygen atoms in total. The molecule has 1 aliphatic rings. The fourth-order valence-electron chi connectivity index (χ4n) is 2.34. The van der Waals surface area contributed by atoms with Crippen LogP contribution in [0.15, 0.2) is 18.2 Å². The molecule has 1 fully saturated rings. The highest BCUT2D eigenvalue weighted by Crippen LogP contribution is 2.24. The summed E-state index contributed by atoms with van der Waals surface area (Å²) in [5.41, 5.74) is 1.90. The molecule has 2 rings (SSSR count). The Labute approximate surface area is 109 Å². The van der Waals surface area contributed by atoms with E-state index in [9.17, 15) is 4.39 Å². The van der Waals surface area contributed by atoms with E-state index in [1.807, 2.05) is 13.0 Å². The molecule has 0 radical (unpaired) electrons. The monoisotopic (exact) mass is 258 g/mol. The Balaban J connectivity index is 0.00000144. The van der Waals surface area contributed by atoms with Crippen LogP contribution in [0.4, 0.5) is 4.39 Å². The van der Waals surface area contributed by atoms with Crippen molar-refractivity contribution in [3.05, 3.63) is 35.1 Å². The number of nitrogens with zero attached hydrogens (tertiary/aromatic N) is 1.